The predicted octanol–water partition coefficient (Wildman–Crippen LogP) is 3.47. The molecule has 3 heteroatoms. The van der Waals surface area contributed by atoms with Crippen molar-refractivity contribution in [3.05, 3.63) is 29.6 Å². The lowest BCUT2D eigenvalue weighted by molar-refractivity contribution is 0.590. The number of anilines is 1. The van der Waals surface area contributed by atoms with Gasteiger partial charge in [-0.3, -0.25) is 0 Å². The molecule has 0 heterocycles. The maximum atomic E-state index is 13.8. The van der Waals surface area contributed by atoms with Crippen molar-refractivity contribution < 1.29 is 4.39 Å². The molecule has 0 aliphatic carbocycles. The van der Waals surface area contributed by atoms with Crippen LogP contribution in [0.3, 0.4) is 0 Å². The topological polar surface area (TPSA) is 29.3 Å². The fourth-order valence-electron chi connectivity index (χ4n) is 2.14. The third kappa shape index (κ3) is 3.43. The molecule has 1 atom stereocenters. The monoisotopic (exact) mass is 238 g/mol. The summed E-state index contributed by atoms with van der Waals surface area (Å²) in [6.45, 7) is 7.98. The Balaban J connectivity index is 3.12. The Morgan fingerprint density at radius 1 is 1.24 bits per heavy atom. The highest BCUT2D eigenvalue weighted by molar-refractivity contribution is 5.55. The van der Waals surface area contributed by atoms with E-state index in [1.807, 2.05) is 13.0 Å². The highest BCUT2D eigenvalue weighted by Gasteiger charge is 2.16. The van der Waals surface area contributed by atoms with Crippen LogP contribution in [0, 0.1) is 5.82 Å². The number of hydrogen-bond donors (Lipinski definition) is 1. The van der Waals surface area contributed by atoms with E-state index < -0.39 is 0 Å². The van der Waals surface area contributed by atoms with Crippen LogP contribution in [0.25, 0.3) is 0 Å². The molecule has 17 heavy (non-hydrogen) atoms. The first kappa shape index (κ1) is 14.0. The van der Waals surface area contributed by atoms with Gasteiger partial charge < -0.3 is 10.6 Å². The highest BCUT2D eigenvalue weighted by Crippen LogP contribution is 2.28. The van der Waals surface area contributed by atoms with Gasteiger partial charge in [0.15, 0.2) is 0 Å². The average molecular weight is 238 g/mol. The van der Waals surface area contributed by atoms with Crippen molar-refractivity contribution in [1.29, 1.82) is 0 Å². The summed E-state index contributed by atoms with van der Waals surface area (Å²) in [5.41, 5.74) is 7.46. The lowest BCUT2D eigenvalue weighted by Crippen LogP contribution is -2.27. The van der Waals surface area contributed by atoms with Gasteiger partial charge >= 0.3 is 0 Å². The molecule has 1 aromatic rings. The summed E-state index contributed by atoms with van der Waals surface area (Å²) in [7, 11) is 0. The van der Waals surface area contributed by atoms with E-state index in [0.717, 1.165) is 31.6 Å². The lowest BCUT2D eigenvalue weighted by atomic mass is 10.0. The Morgan fingerprint density at radius 3 is 2.29 bits per heavy atom. The number of hydrogen-bond acceptors (Lipinski definition) is 2. The van der Waals surface area contributed by atoms with Gasteiger partial charge in [-0.2, -0.15) is 0 Å². The van der Waals surface area contributed by atoms with Crippen molar-refractivity contribution in [3.8, 4) is 0 Å². The largest absolute Gasteiger partial charge is 0.371 e. The first-order valence-corrected chi connectivity index (χ1v) is 6.40. The number of benzene rings is 1. The SMILES string of the molecule is CCCN(CCC)c1cccc(F)c1C(C)N. The Labute approximate surface area is 104 Å². The second-order valence-corrected chi connectivity index (χ2v) is 4.45. The third-order valence-corrected chi connectivity index (χ3v) is 2.81. The summed E-state index contributed by atoms with van der Waals surface area (Å²) in [4.78, 5) is 2.22. The molecule has 1 rings (SSSR count). The second kappa shape index (κ2) is 6.60. The van der Waals surface area contributed by atoms with Gasteiger partial charge in [0.1, 0.15) is 5.82 Å². The van der Waals surface area contributed by atoms with E-state index in [9.17, 15) is 4.39 Å². The molecule has 1 aromatic carbocycles. The van der Waals surface area contributed by atoms with E-state index in [1.54, 1.807) is 6.07 Å². The van der Waals surface area contributed by atoms with Gasteiger partial charge in [-0.05, 0) is 31.9 Å². The van der Waals surface area contributed by atoms with Crippen LogP contribution in [0.2, 0.25) is 0 Å². The minimum atomic E-state index is -0.276. The van der Waals surface area contributed by atoms with Gasteiger partial charge in [0.05, 0.1) is 0 Å². The van der Waals surface area contributed by atoms with Gasteiger partial charge in [-0.15, -0.1) is 0 Å². The van der Waals surface area contributed by atoms with Crippen molar-refractivity contribution in [2.45, 2.75) is 39.7 Å². The lowest BCUT2D eigenvalue weighted by Gasteiger charge is -2.27. The van der Waals surface area contributed by atoms with Crippen molar-refractivity contribution in [2.75, 3.05) is 18.0 Å². The number of rotatable bonds is 6. The highest BCUT2D eigenvalue weighted by atomic mass is 19.1. The molecule has 0 saturated carbocycles. The Hall–Kier alpha value is -1.09. The van der Waals surface area contributed by atoms with Crippen LogP contribution in [-0.4, -0.2) is 13.1 Å². The first-order chi connectivity index (χ1) is 8.11. The molecule has 0 aliphatic heterocycles. The standard InChI is InChI=1S/C14H23FN2/c1-4-9-17(10-5-2)13-8-6-7-12(15)14(13)11(3)16/h6-8,11H,4-5,9-10,16H2,1-3H3. The molecule has 2 nitrogen and oxygen atoms in total. The Kier molecular flexibility index (Phi) is 5.42. The Morgan fingerprint density at radius 2 is 1.82 bits per heavy atom. The number of nitrogens with two attached hydrogens (primary N) is 1. The van der Waals surface area contributed by atoms with Crippen LogP contribution in [-0.2, 0) is 0 Å². The predicted molar refractivity (Wildman–Crippen MR) is 71.8 cm³/mol. The van der Waals surface area contributed by atoms with Crippen LogP contribution in [0.4, 0.5) is 10.1 Å². The summed E-state index contributed by atoms with van der Waals surface area (Å²) in [5.74, 6) is -0.199. The summed E-state index contributed by atoms with van der Waals surface area (Å²) in [5, 5.41) is 0. The van der Waals surface area contributed by atoms with E-state index in [2.05, 4.69) is 18.7 Å². The number of halogens is 1. The van der Waals surface area contributed by atoms with Crippen LogP contribution < -0.4 is 10.6 Å². The van der Waals surface area contributed by atoms with Gasteiger partial charge in [0.2, 0.25) is 0 Å². The molecule has 2 N–H and O–H groups in total. The van der Waals surface area contributed by atoms with E-state index in [0.29, 0.717) is 5.56 Å². The fraction of sp³-hybridized carbons (Fsp3) is 0.571. The normalized spacial score (nSPS) is 12.5. The molecule has 0 spiro atoms. The fourth-order valence-corrected chi connectivity index (χ4v) is 2.14. The van der Waals surface area contributed by atoms with Crippen molar-refractivity contribution in [2.24, 2.45) is 5.73 Å². The third-order valence-electron chi connectivity index (χ3n) is 2.81. The molecule has 0 saturated heterocycles. The quantitative estimate of drug-likeness (QED) is 0.822. The zero-order valence-electron chi connectivity index (χ0n) is 11.0. The molecule has 0 aromatic heterocycles. The first-order valence-electron chi connectivity index (χ1n) is 6.40. The summed E-state index contributed by atoms with van der Waals surface area (Å²) in [6.07, 6.45) is 2.10. The van der Waals surface area contributed by atoms with Crippen LogP contribution in [0.5, 0.6) is 0 Å². The molecule has 1 unspecified atom stereocenters. The zero-order chi connectivity index (χ0) is 12.8. The van der Waals surface area contributed by atoms with Gasteiger partial charge in [-0.1, -0.05) is 19.9 Å². The van der Waals surface area contributed by atoms with Crippen molar-refractivity contribution >= 4 is 5.69 Å². The van der Waals surface area contributed by atoms with E-state index in [1.165, 1.54) is 6.07 Å². The minimum absolute atomic E-state index is 0.199. The van der Waals surface area contributed by atoms with Crippen molar-refractivity contribution in [3.63, 3.8) is 0 Å². The molecule has 0 radical (unpaired) electrons. The molecular formula is C14H23FN2. The molecule has 0 aliphatic rings. The molecule has 0 amide bonds. The second-order valence-electron chi connectivity index (χ2n) is 4.45. The van der Waals surface area contributed by atoms with E-state index in [-0.39, 0.29) is 11.9 Å². The summed E-state index contributed by atoms with van der Waals surface area (Å²) in [6, 6.07) is 4.93. The zero-order valence-corrected chi connectivity index (χ0v) is 11.0. The van der Waals surface area contributed by atoms with Crippen LogP contribution >= 0.6 is 0 Å². The van der Waals surface area contributed by atoms with Crippen LogP contribution in [0.1, 0.15) is 45.2 Å². The molecule has 0 fully saturated rings. The Bertz CT molecular complexity index is 344. The minimum Gasteiger partial charge on any atom is -0.371 e. The smallest absolute Gasteiger partial charge is 0.130 e. The average Bonchev–Trinajstić information content (AvgIpc) is 2.28. The maximum absolute atomic E-state index is 13.8. The van der Waals surface area contributed by atoms with E-state index >= 15 is 0 Å². The summed E-state index contributed by atoms with van der Waals surface area (Å²) < 4.78 is 13.8. The van der Waals surface area contributed by atoms with Crippen molar-refractivity contribution in [1.82, 2.24) is 0 Å². The summed E-state index contributed by atoms with van der Waals surface area (Å²) >= 11 is 0. The van der Waals surface area contributed by atoms with E-state index in [4.69, 9.17) is 5.73 Å². The number of nitrogens with zero attached hydrogens (tertiary/aromatic N) is 1. The van der Waals surface area contributed by atoms with Gasteiger partial charge in [0.25, 0.3) is 0 Å². The maximum Gasteiger partial charge on any atom is 0.130 e. The van der Waals surface area contributed by atoms with Gasteiger partial charge in [0, 0.05) is 30.4 Å². The van der Waals surface area contributed by atoms with Crippen LogP contribution in [0.15, 0.2) is 18.2 Å². The molecular weight excluding hydrogens is 215 g/mol. The molecule has 0 bridgehead atoms. The van der Waals surface area contributed by atoms with Gasteiger partial charge in [-0.25, -0.2) is 4.39 Å². The molecule has 96 valence electrons.